The third kappa shape index (κ3) is 4.32. The summed E-state index contributed by atoms with van der Waals surface area (Å²) in [6.07, 6.45) is 0. The van der Waals surface area contributed by atoms with Crippen molar-refractivity contribution in [3.05, 3.63) is 210 Å². The molecule has 2 aliphatic carbocycles. The van der Waals surface area contributed by atoms with Crippen molar-refractivity contribution >= 4 is 21.9 Å². The number of benzene rings is 8. The quantitative estimate of drug-likeness (QED) is 0.182. The van der Waals surface area contributed by atoms with Crippen LogP contribution in [0.2, 0.25) is 0 Å². The van der Waals surface area contributed by atoms with Gasteiger partial charge in [0.1, 0.15) is 11.2 Å². The highest BCUT2D eigenvalue weighted by molar-refractivity contribution is 6.10. The predicted molar refractivity (Wildman–Crippen MR) is 225 cm³/mol. The Morgan fingerprint density at radius 3 is 1.41 bits per heavy atom. The summed E-state index contributed by atoms with van der Waals surface area (Å²) in [4.78, 5) is 14.9. The molecule has 0 saturated carbocycles. The van der Waals surface area contributed by atoms with E-state index in [9.17, 15) is 0 Å². The van der Waals surface area contributed by atoms with Crippen molar-refractivity contribution < 1.29 is 4.42 Å². The van der Waals surface area contributed by atoms with Crippen LogP contribution in [0.15, 0.2) is 192 Å². The van der Waals surface area contributed by atoms with Gasteiger partial charge < -0.3 is 4.42 Å². The number of fused-ring (bicyclic) bond motifs is 13. The summed E-state index contributed by atoms with van der Waals surface area (Å²) in [6, 6.07) is 66.8. The lowest BCUT2D eigenvalue weighted by atomic mass is 9.70. The first-order valence-corrected chi connectivity index (χ1v) is 19.0. The summed E-state index contributed by atoms with van der Waals surface area (Å²) in [5.41, 5.74) is 16.7. The number of nitrogens with zero attached hydrogens (tertiary/aromatic N) is 3. The van der Waals surface area contributed by atoms with Crippen LogP contribution in [0, 0.1) is 0 Å². The molecule has 260 valence electrons. The normalized spacial score (nSPS) is 13.1. The second-order valence-electron chi connectivity index (χ2n) is 14.7. The van der Waals surface area contributed by atoms with E-state index in [1.54, 1.807) is 0 Å². The summed E-state index contributed by atoms with van der Waals surface area (Å²) in [5, 5.41) is 2.07. The van der Waals surface area contributed by atoms with Crippen molar-refractivity contribution in [3.8, 4) is 67.5 Å². The minimum absolute atomic E-state index is 0.394. The van der Waals surface area contributed by atoms with Crippen LogP contribution in [0.1, 0.15) is 22.3 Å². The van der Waals surface area contributed by atoms with Crippen molar-refractivity contribution in [1.82, 2.24) is 15.0 Å². The molecule has 56 heavy (non-hydrogen) atoms. The topological polar surface area (TPSA) is 51.8 Å². The van der Waals surface area contributed by atoms with Crippen LogP contribution in [0.3, 0.4) is 0 Å². The van der Waals surface area contributed by atoms with Crippen LogP contribution in [-0.2, 0) is 5.41 Å². The summed E-state index contributed by atoms with van der Waals surface area (Å²) in [5.74, 6) is 1.81. The molecule has 4 heteroatoms. The van der Waals surface area contributed by atoms with Crippen LogP contribution in [0.5, 0.6) is 0 Å². The molecule has 4 nitrogen and oxygen atoms in total. The molecule has 2 aliphatic rings. The summed E-state index contributed by atoms with van der Waals surface area (Å²) < 4.78 is 6.82. The van der Waals surface area contributed by atoms with Crippen LogP contribution in [-0.4, -0.2) is 15.0 Å². The number of para-hydroxylation sites is 1. The number of hydrogen-bond acceptors (Lipinski definition) is 4. The molecule has 0 N–H and O–H groups in total. The first-order valence-electron chi connectivity index (χ1n) is 19.0. The van der Waals surface area contributed by atoms with Gasteiger partial charge in [-0.3, -0.25) is 0 Å². The van der Waals surface area contributed by atoms with E-state index in [1.165, 1.54) is 44.5 Å². The van der Waals surface area contributed by atoms with Gasteiger partial charge in [-0.25, -0.2) is 15.0 Å². The zero-order valence-corrected chi connectivity index (χ0v) is 30.1. The lowest BCUT2D eigenvalue weighted by Gasteiger charge is -2.30. The summed E-state index contributed by atoms with van der Waals surface area (Å²) >= 11 is 0. The number of aromatic nitrogens is 3. The van der Waals surface area contributed by atoms with E-state index in [2.05, 4.69) is 121 Å². The molecule has 0 radical (unpaired) electrons. The Balaban J connectivity index is 1.02. The molecule has 12 rings (SSSR count). The number of rotatable bonds is 4. The van der Waals surface area contributed by atoms with E-state index in [0.29, 0.717) is 17.5 Å². The molecule has 0 aliphatic heterocycles. The van der Waals surface area contributed by atoms with Gasteiger partial charge in [-0.05, 0) is 79.9 Å². The maximum Gasteiger partial charge on any atom is 0.167 e. The molecule has 2 heterocycles. The van der Waals surface area contributed by atoms with Gasteiger partial charge in [0, 0.05) is 21.9 Å². The minimum atomic E-state index is -0.394. The van der Waals surface area contributed by atoms with Gasteiger partial charge >= 0.3 is 0 Å². The molecule has 0 amide bonds. The van der Waals surface area contributed by atoms with E-state index >= 15 is 0 Å². The Bertz CT molecular complexity index is 3080. The second-order valence-corrected chi connectivity index (χ2v) is 14.7. The van der Waals surface area contributed by atoms with Gasteiger partial charge in [0.2, 0.25) is 0 Å². The standard InChI is InChI=1S/C52H31N3O/c1-3-14-32(15-4-1)49-53-50(33-16-5-2-6-17-33)55-51(54-49)42-22-13-21-41-40-29-27-35(31-47(40)56-48(41)42)34-26-28-39-38-20-9-12-25-45(38)52(46(39)30-34)43-23-10-7-18-36(43)37-19-8-11-24-44(37)52/h1-31H. The van der Waals surface area contributed by atoms with Gasteiger partial charge in [0.25, 0.3) is 0 Å². The maximum absolute atomic E-state index is 6.82. The summed E-state index contributed by atoms with van der Waals surface area (Å²) in [6.45, 7) is 0. The maximum atomic E-state index is 6.82. The monoisotopic (exact) mass is 713 g/mol. The van der Waals surface area contributed by atoms with Gasteiger partial charge in [0.15, 0.2) is 17.5 Å². The summed E-state index contributed by atoms with van der Waals surface area (Å²) in [7, 11) is 0. The van der Waals surface area contributed by atoms with Gasteiger partial charge in [-0.1, -0.05) is 164 Å². The Morgan fingerprint density at radius 2 is 0.804 bits per heavy atom. The van der Waals surface area contributed by atoms with Crippen LogP contribution in [0.25, 0.3) is 89.5 Å². The largest absolute Gasteiger partial charge is 0.455 e. The lowest BCUT2D eigenvalue weighted by Crippen LogP contribution is -2.25. The smallest absolute Gasteiger partial charge is 0.167 e. The fraction of sp³-hybridized carbons (Fsp3) is 0.0192. The minimum Gasteiger partial charge on any atom is -0.455 e. The Morgan fingerprint density at radius 1 is 0.321 bits per heavy atom. The SMILES string of the molecule is c1ccc(-c2nc(-c3ccccc3)nc(-c3cccc4c3oc3cc(-c5ccc6c(c5)C5(c7ccccc7-c7ccccc75)c5ccccc5-6)ccc34)n2)cc1. The molecule has 0 fully saturated rings. The third-order valence-electron chi connectivity index (χ3n) is 11.8. The van der Waals surface area contributed by atoms with Crippen molar-refractivity contribution in [1.29, 1.82) is 0 Å². The zero-order chi connectivity index (χ0) is 36.8. The molecule has 0 unspecified atom stereocenters. The highest BCUT2D eigenvalue weighted by atomic mass is 16.3. The van der Waals surface area contributed by atoms with Crippen molar-refractivity contribution in [2.75, 3.05) is 0 Å². The Kier molecular flexibility index (Phi) is 6.52. The molecule has 1 spiro atoms. The molecule has 10 aromatic rings. The van der Waals surface area contributed by atoms with Crippen LogP contribution in [0.4, 0.5) is 0 Å². The zero-order valence-electron chi connectivity index (χ0n) is 30.1. The first-order chi connectivity index (χ1) is 27.8. The lowest BCUT2D eigenvalue weighted by molar-refractivity contribution is 0.669. The molecule has 8 aromatic carbocycles. The number of hydrogen-bond donors (Lipinski definition) is 0. The molecule has 0 saturated heterocycles. The average molecular weight is 714 g/mol. The average Bonchev–Trinajstić information content (AvgIpc) is 3.90. The first kappa shape index (κ1) is 31.0. The molecular formula is C52H31N3O. The molecular weight excluding hydrogens is 683 g/mol. The van der Waals surface area contributed by atoms with Crippen LogP contribution < -0.4 is 0 Å². The van der Waals surface area contributed by atoms with E-state index in [-0.39, 0.29) is 0 Å². The van der Waals surface area contributed by atoms with Crippen molar-refractivity contribution in [2.24, 2.45) is 0 Å². The Labute approximate surface area is 323 Å². The second kappa shape index (κ2) is 11.8. The van der Waals surface area contributed by atoms with E-state index in [0.717, 1.165) is 49.8 Å². The molecule has 2 aromatic heterocycles. The van der Waals surface area contributed by atoms with Gasteiger partial charge in [0.05, 0.1) is 11.0 Å². The van der Waals surface area contributed by atoms with E-state index in [4.69, 9.17) is 19.4 Å². The molecule has 0 atom stereocenters. The van der Waals surface area contributed by atoms with Gasteiger partial charge in [-0.2, -0.15) is 0 Å². The van der Waals surface area contributed by atoms with Crippen molar-refractivity contribution in [3.63, 3.8) is 0 Å². The van der Waals surface area contributed by atoms with E-state index in [1.807, 2.05) is 66.7 Å². The highest BCUT2D eigenvalue weighted by Gasteiger charge is 2.51. The fourth-order valence-electron chi connectivity index (χ4n) is 9.36. The molecule has 0 bridgehead atoms. The fourth-order valence-corrected chi connectivity index (χ4v) is 9.36. The van der Waals surface area contributed by atoms with Crippen LogP contribution >= 0.6 is 0 Å². The predicted octanol–water partition coefficient (Wildman–Crippen LogP) is 12.8. The van der Waals surface area contributed by atoms with Gasteiger partial charge in [-0.15, -0.1) is 0 Å². The third-order valence-corrected chi connectivity index (χ3v) is 11.8. The van der Waals surface area contributed by atoms with Crippen molar-refractivity contribution in [2.45, 2.75) is 5.41 Å². The highest BCUT2D eigenvalue weighted by Crippen LogP contribution is 2.63. The Hall–Kier alpha value is -7.43. The number of furan rings is 1. The van der Waals surface area contributed by atoms with E-state index < -0.39 is 5.41 Å².